The topological polar surface area (TPSA) is 35.5 Å². The van der Waals surface area contributed by atoms with Gasteiger partial charge < -0.3 is 0 Å². The van der Waals surface area contributed by atoms with E-state index in [-0.39, 0.29) is 14.5 Å². The molecule has 104 valence electrons. The third-order valence-electron chi connectivity index (χ3n) is 2.24. The predicted molar refractivity (Wildman–Crippen MR) is 74.8 cm³/mol. The molecule has 0 saturated heterocycles. The summed E-state index contributed by atoms with van der Waals surface area (Å²) in [5.41, 5.74) is 0. The maximum atomic E-state index is 12.4. The van der Waals surface area contributed by atoms with Gasteiger partial charge in [-0.2, -0.15) is 0 Å². The third kappa shape index (κ3) is 10.3. The van der Waals surface area contributed by atoms with E-state index in [1.807, 2.05) is 0 Å². The van der Waals surface area contributed by atoms with Gasteiger partial charge in [0.1, 0.15) is 0 Å². The molecule has 0 saturated carbocycles. The van der Waals surface area contributed by atoms with Crippen LogP contribution in [0.25, 0.3) is 0 Å². The van der Waals surface area contributed by atoms with E-state index in [2.05, 4.69) is 20.8 Å². The molecule has 0 spiro atoms. The Labute approximate surface area is 112 Å². The Morgan fingerprint density at radius 1 is 0.882 bits per heavy atom. The van der Waals surface area contributed by atoms with E-state index in [4.69, 9.17) is 9.05 Å². The van der Waals surface area contributed by atoms with Gasteiger partial charge in [0.2, 0.25) is 0 Å². The summed E-state index contributed by atoms with van der Waals surface area (Å²) >= 11 is -0.00943. The molecule has 0 rings (SSSR count). The first kappa shape index (κ1) is 17.7. The molecule has 0 aromatic heterocycles. The van der Waals surface area contributed by atoms with Crippen molar-refractivity contribution >= 4 is 20.8 Å². The summed E-state index contributed by atoms with van der Waals surface area (Å²) in [5.74, 6) is 0. The fourth-order valence-corrected chi connectivity index (χ4v) is 7.06. The number of hydrogen-bond acceptors (Lipinski definition) is 3. The van der Waals surface area contributed by atoms with Gasteiger partial charge in [0.05, 0.1) is 0 Å². The molecule has 0 atom stereocenters. The zero-order valence-electron chi connectivity index (χ0n) is 11.4. The van der Waals surface area contributed by atoms with Crippen LogP contribution in [0.15, 0.2) is 0 Å². The van der Waals surface area contributed by atoms with Gasteiger partial charge in [-0.05, 0) is 0 Å². The Morgan fingerprint density at radius 3 is 1.76 bits per heavy atom. The first-order valence-corrected chi connectivity index (χ1v) is 11.7. The molecule has 0 aromatic carbocycles. The molecule has 0 aliphatic heterocycles. The van der Waals surface area contributed by atoms with E-state index in [0.29, 0.717) is 13.2 Å². The predicted octanol–water partition coefficient (Wildman–Crippen LogP) is 4.65. The zero-order chi connectivity index (χ0) is 13.0. The van der Waals surface area contributed by atoms with Crippen molar-refractivity contribution in [3.63, 3.8) is 0 Å². The number of unbranched alkanes of at least 4 members (excludes halogenated alkanes) is 3. The molecule has 0 aliphatic carbocycles. The molecular weight excluding hydrogens is 302 g/mol. The van der Waals surface area contributed by atoms with Crippen LogP contribution in [-0.4, -0.2) is 27.7 Å². The van der Waals surface area contributed by atoms with Crippen LogP contribution in [0, 0.1) is 0 Å². The van der Waals surface area contributed by atoms with E-state index in [1.165, 1.54) is 0 Å². The standard InChI is InChI=1S/C12H27O3PSe/c1-4-7-10-14-16(13,15-11-8-5-2)17-12-9-6-3/h4-12H2,1-3H3. The van der Waals surface area contributed by atoms with Crippen LogP contribution in [0.3, 0.4) is 0 Å². The van der Waals surface area contributed by atoms with Crippen LogP contribution in [0.1, 0.15) is 59.3 Å². The molecule has 0 amide bonds. The SMILES string of the molecule is CCCCOP(=O)(OCCCC)[Se]CCCC. The molecule has 17 heavy (non-hydrogen) atoms. The van der Waals surface area contributed by atoms with E-state index in [1.54, 1.807) is 0 Å². The van der Waals surface area contributed by atoms with Crippen molar-refractivity contribution in [1.82, 2.24) is 0 Å². The minimum absolute atomic E-state index is 0.00943. The minimum atomic E-state index is -2.75. The number of rotatable bonds is 12. The van der Waals surface area contributed by atoms with Crippen molar-refractivity contribution < 1.29 is 13.6 Å². The first-order valence-electron chi connectivity index (χ1n) is 6.72. The second kappa shape index (κ2) is 11.7. The molecular formula is C12H27O3PSe. The fourth-order valence-electron chi connectivity index (χ4n) is 1.07. The average molecular weight is 329 g/mol. The summed E-state index contributed by atoms with van der Waals surface area (Å²) in [5, 5.41) is 0.999. The van der Waals surface area contributed by atoms with Gasteiger partial charge in [0, 0.05) is 0 Å². The Hall–Kier alpha value is 0.669. The van der Waals surface area contributed by atoms with Crippen molar-refractivity contribution in [3.8, 4) is 0 Å². The van der Waals surface area contributed by atoms with Crippen LogP contribution in [0.2, 0.25) is 5.32 Å². The Bertz CT molecular complexity index is 179. The summed E-state index contributed by atoms with van der Waals surface area (Å²) in [6.07, 6.45) is 3.58. The van der Waals surface area contributed by atoms with E-state index in [9.17, 15) is 4.57 Å². The monoisotopic (exact) mass is 330 g/mol. The maximum absolute atomic E-state index is 12.4. The summed E-state index contributed by atoms with van der Waals surface area (Å²) in [6.45, 7) is 7.52. The molecule has 0 aromatic rings. The molecule has 5 heteroatoms. The summed E-state index contributed by atoms with van der Waals surface area (Å²) in [4.78, 5) is 0. The van der Waals surface area contributed by atoms with Gasteiger partial charge in [0.15, 0.2) is 0 Å². The van der Waals surface area contributed by atoms with E-state index >= 15 is 0 Å². The Balaban J connectivity index is 4.00. The number of hydrogen-bond donors (Lipinski definition) is 0. The van der Waals surface area contributed by atoms with Crippen LogP contribution in [-0.2, 0) is 13.6 Å². The molecule has 0 N–H and O–H groups in total. The molecule has 0 bridgehead atoms. The van der Waals surface area contributed by atoms with Crippen molar-refractivity contribution in [3.05, 3.63) is 0 Å². The van der Waals surface area contributed by atoms with Crippen LogP contribution >= 0.6 is 6.29 Å². The Kier molecular flexibility index (Phi) is 12.2. The molecule has 0 aliphatic rings. The van der Waals surface area contributed by atoms with Crippen LogP contribution in [0.5, 0.6) is 0 Å². The van der Waals surface area contributed by atoms with Crippen molar-refractivity contribution in [1.29, 1.82) is 0 Å². The second-order valence-electron chi connectivity index (χ2n) is 4.01. The van der Waals surface area contributed by atoms with Gasteiger partial charge in [-0.1, -0.05) is 0 Å². The summed E-state index contributed by atoms with van der Waals surface area (Å²) in [7, 11) is 0. The Morgan fingerprint density at radius 2 is 1.35 bits per heavy atom. The summed E-state index contributed by atoms with van der Waals surface area (Å²) < 4.78 is 23.5. The quantitative estimate of drug-likeness (QED) is 0.297. The molecule has 3 nitrogen and oxygen atoms in total. The van der Waals surface area contributed by atoms with Gasteiger partial charge in [0.25, 0.3) is 0 Å². The van der Waals surface area contributed by atoms with Gasteiger partial charge in [-0.25, -0.2) is 0 Å². The van der Waals surface area contributed by atoms with Gasteiger partial charge in [-0.3, -0.25) is 0 Å². The van der Waals surface area contributed by atoms with Crippen molar-refractivity contribution in [2.75, 3.05) is 13.2 Å². The van der Waals surface area contributed by atoms with E-state index < -0.39 is 6.29 Å². The van der Waals surface area contributed by atoms with Crippen LogP contribution < -0.4 is 0 Å². The van der Waals surface area contributed by atoms with Gasteiger partial charge in [-0.15, -0.1) is 0 Å². The van der Waals surface area contributed by atoms with Crippen molar-refractivity contribution in [2.24, 2.45) is 0 Å². The fraction of sp³-hybridized carbons (Fsp3) is 1.00. The molecule has 0 heterocycles. The van der Waals surface area contributed by atoms with Gasteiger partial charge >= 0.3 is 112 Å². The van der Waals surface area contributed by atoms with Crippen LogP contribution in [0.4, 0.5) is 0 Å². The molecule has 0 fully saturated rings. The third-order valence-corrected chi connectivity index (χ3v) is 8.81. The molecule has 0 radical (unpaired) electrons. The average Bonchev–Trinajstić information content (AvgIpc) is 2.30. The summed E-state index contributed by atoms with van der Waals surface area (Å²) in [6, 6.07) is 0. The first-order chi connectivity index (χ1) is 8.18. The van der Waals surface area contributed by atoms with E-state index in [0.717, 1.165) is 43.8 Å². The van der Waals surface area contributed by atoms with Crippen molar-refractivity contribution in [2.45, 2.75) is 64.6 Å². The molecule has 0 unspecified atom stereocenters. The zero-order valence-corrected chi connectivity index (χ0v) is 14.1. The normalized spacial score (nSPS) is 11.9. The second-order valence-corrected chi connectivity index (χ2v) is 11.0.